The molecule has 0 N–H and O–H groups in total. The van der Waals surface area contributed by atoms with Crippen molar-refractivity contribution < 1.29 is 9.59 Å². The summed E-state index contributed by atoms with van der Waals surface area (Å²) in [6, 6.07) is 5.54. The Balaban J connectivity index is 2.39. The van der Waals surface area contributed by atoms with Gasteiger partial charge in [0.2, 0.25) is 11.8 Å². The molecule has 16 heavy (non-hydrogen) atoms. The monoisotopic (exact) mass is 237 g/mol. The van der Waals surface area contributed by atoms with E-state index in [2.05, 4.69) is 0 Å². The summed E-state index contributed by atoms with van der Waals surface area (Å²) in [4.78, 5) is 24.4. The molecule has 1 unspecified atom stereocenters. The third-order valence-corrected chi connectivity index (χ3v) is 3.24. The van der Waals surface area contributed by atoms with Crippen molar-refractivity contribution in [1.29, 1.82) is 0 Å². The van der Waals surface area contributed by atoms with Gasteiger partial charge in [0, 0.05) is 18.5 Å². The van der Waals surface area contributed by atoms with E-state index in [1.165, 1.54) is 11.9 Å². The molecule has 0 bridgehead atoms. The van der Waals surface area contributed by atoms with Crippen molar-refractivity contribution in [3.63, 3.8) is 0 Å². The predicted molar refractivity (Wildman–Crippen MR) is 61.3 cm³/mol. The fourth-order valence-electron chi connectivity index (χ4n) is 1.91. The molecule has 1 aliphatic rings. The van der Waals surface area contributed by atoms with Gasteiger partial charge in [-0.2, -0.15) is 0 Å². The Kier molecular flexibility index (Phi) is 2.72. The Labute approximate surface area is 99.0 Å². The third kappa shape index (κ3) is 1.71. The van der Waals surface area contributed by atoms with E-state index in [4.69, 9.17) is 11.6 Å². The van der Waals surface area contributed by atoms with Gasteiger partial charge in [0.1, 0.15) is 0 Å². The molecule has 1 heterocycles. The lowest BCUT2D eigenvalue weighted by Crippen LogP contribution is -2.25. The molecule has 0 saturated carbocycles. The number of likely N-dealkylation sites (tertiary alicyclic amines) is 1. The molecule has 2 amide bonds. The van der Waals surface area contributed by atoms with Gasteiger partial charge >= 0.3 is 0 Å². The maximum atomic E-state index is 11.8. The Morgan fingerprint density at radius 1 is 1.38 bits per heavy atom. The first-order valence-corrected chi connectivity index (χ1v) is 5.45. The van der Waals surface area contributed by atoms with Crippen molar-refractivity contribution in [2.45, 2.75) is 19.3 Å². The van der Waals surface area contributed by atoms with Crippen molar-refractivity contribution in [2.24, 2.45) is 0 Å². The number of halogens is 1. The molecule has 84 valence electrons. The maximum Gasteiger partial charge on any atom is 0.237 e. The van der Waals surface area contributed by atoms with Gasteiger partial charge in [-0.05, 0) is 24.1 Å². The summed E-state index contributed by atoms with van der Waals surface area (Å²) in [6.07, 6.45) is 0.220. The van der Waals surface area contributed by atoms with Crippen LogP contribution in [0.5, 0.6) is 0 Å². The molecule has 1 aromatic carbocycles. The minimum Gasteiger partial charge on any atom is -0.285 e. The number of amides is 2. The van der Waals surface area contributed by atoms with E-state index >= 15 is 0 Å². The molecule has 4 heteroatoms. The van der Waals surface area contributed by atoms with Gasteiger partial charge in [0.15, 0.2) is 0 Å². The van der Waals surface area contributed by atoms with Crippen LogP contribution in [0.2, 0.25) is 5.02 Å². The lowest BCUT2D eigenvalue weighted by molar-refractivity contribution is -0.137. The van der Waals surface area contributed by atoms with E-state index in [1.54, 1.807) is 0 Å². The highest BCUT2D eigenvalue weighted by molar-refractivity contribution is 6.32. The zero-order valence-corrected chi connectivity index (χ0v) is 9.91. The number of nitrogens with zero attached hydrogens (tertiary/aromatic N) is 1. The van der Waals surface area contributed by atoms with Crippen molar-refractivity contribution in [3.8, 4) is 0 Å². The molecule has 1 aromatic rings. The Hall–Kier alpha value is -1.35. The number of hydrogen-bond donors (Lipinski definition) is 0. The van der Waals surface area contributed by atoms with Crippen LogP contribution in [0, 0.1) is 6.92 Å². The zero-order valence-electron chi connectivity index (χ0n) is 9.16. The summed E-state index contributed by atoms with van der Waals surface area (Å²) >= 11 is 6.09. The lowest BCUT2D eigenvalue weighted by atomic mass is 9.96. The van der Waals surface area contributed by atoms with Crippen LogP contribution in [0.3, 0.4) is 0 Å². The van der Waals surface area contributed by atoms with E-state index in [0.717, 1.165) is 11.1 Å². The number of hydrogen-bond acceptors (Lipinski definition) is 2. The number of carbonyl (C=O) groups is 2. The highest BCUT2D eigenvalue weighted by Gasteiger charge is 2.37. The van der Waals surface area contributed by atoms with E-state index < -0.39 is 5.92 Å². The van der Waals surface area contributed by atoms with Crippen molar-refractivity contribution in [1.82, 2.24) is 4.90 Å². The number of carbonyl (C=O) groups excluding carboxylic acids is 2. The van der Waals surface area contributed by atoms with Gasteiger partial charge in [-0.1, -0.05) is 23.7 Å². The summed E-state index contributed by atoms with van der Waals surface area (Å²) in [5.74, 6) is -0.729. The van der Waals surface area contributed by atoms with E-state index in [0.29, 0.717) is 5.02 Å². The SMILES string of the molecule is Cc1ccc(C2CC(=O)N(C)C2=O)c(Cl)c1. The molecular weight excluding hydrogens is 226 g/mol. The summed E-state index contributed by atoms with van der Waals surface area (Å²) in [5, 5.41) is 0.557. The average Bonchev–Trinajstić information content (AvgIpc) is 2.46. The quantitative estimate of drug-likeness (QED) is 0.702. The van der Waals surface area contributed by atoms with Gasteiger partial charge in [-0.3, -0.25) is 14.5 Å². The fourth-order valence-corrected chi connectivity index (χ4v) is 2.28. The van der Waals surface area contributed by atoms with Crippen LogP contribution in [0.1, 0.15) is 23.5 Å². The van der Waals surface area contributed by atoms with Gasteiger partial charge in [0.25, 0.3) is 0 Å². The van der Waals surface area contributed by atoms with E-state index in [1.807, 2.05) is 25.1 Å². The highest BCUT2D eigenvalue weighted by atomic mass is 35.5. The molecule has 1 saturated heterocycles. The van der Waals surface area contributed by atoms with E-state index in [9.17, 15) is 9.59 Å². The average molecular weight is 238 g/mol. The van der Waals surface area contributed by atoms with E-state index in [-0.39, 0.29) is 18.2 Å². The Morgan fingerprint density at radius 2 is 2.06 bits per heavy atom. The van der Waals surface area contributed by atoms with Crippen LogP contribution >= 0.6 is 11.6 Å². The summed E-state index contributed by atoms with van der Waals surface area (Å²) in [6.45, 7) is 1.93. The first-order chi connectivity index (χ1) is 7.50. The summed E-state index contributed by atoms with van der Waals surface area (Å²) in [7, 11) is 1.51. The summed E-state index contributed by atoms with van der Waals surface area (Å²) in [5.41, 5.74) is 1.79. The van der Waals surface area contributed by atoms with Crippen LogP contribution in [0.25, 0.3) is 0 Å². The van der Waals surface area contributed by atoms with Crippen LogP contribution in [-0.2, 0) is 9.59 Å². The number of likely N-dealkylation sites (N-methyl/N-ethyl adjacent to an activating group) is 1. The topological polar surface area (TPSA) is 37.4 Å². The number of rotatable bonds is 1. The second-order valence-corrected chi connectivity index (χ2v) is 4.48. The number of aryl methyl sites for hydroxylation is 1. The number of imide groups is 1. The molecule has 3 nitrogen and oxygen atoms in total. The van der Waals surface area contributed by atoms with Crippen molar-refractivity contribution in [2.75, 3.05) is 7.05 Å². The molecule has 1 atom stereocenters. The second kappa shape index (κ2) is 3.91. The van der Waals surface area contributed by atoms with Crippen LogP contribution in [0.4, 0.5) is 0 Å². The smallest absolute Gasteiger partial charge is 0.237 e. The molecule has 0 spiro atoms. The predicted octanol–water partition coefficient (Wildman–Crippen LogP) is 2.12. The third-order valence-electron chi connectivity index (χ3n) is 2.91. The first-order valence-electron chi connectivity index (χ1n) is 5.07. The zero-order chi connectivity index (χ0) is 11.9. The Bertz CT molecular complexity index is 470. The largest absolute Gasteiger partial charge is 0.285 e. The lowest BCUT2D eigenvalue weighted by Gasteiger charge is -2.11. The van der Waals surface area contributed by atoms with Crippen LogP contribution in [0.15, 0.2) is 18.2 Å². The Morgan fingerprint density at radius 3 is 2.56 bits per heavy atom. The van der Waals surface area contributed by atoms with Crippen LogP contribution < -0.4 is 0 Å². The normalized spacial score (nSPS) is 20.7. The van der Waals surface area contributed by atoms with Gasteiger partial charge < -0.3 is 0 Å². The maximum absolute atomic E-state index is 11.8. The van der Waals surface area contributed by atoms with Crippen molar-refractivity contribution >= 4 is 23.4 Å². The molecule has 1 fully saturated rings. The molecular formula is C12H12ClNO2. The molecule has 2 rings (SSSR count). The van der Waals surface area contributed by atoms with Gasteiger partial charge in [-0.15, -0.1) is 0 Å². The van der Waals surface area contributed by atoms with Crippen molar-refractivity contribution in [3.05, 3.63) is 34.3 Å². The minimum absolute atomic E-state index is 0.147. The van der Waals surface area contributed by atoms with Gasteiger partial charge in [-0.25, -0.2) is 0 Å². The standard InChI is InChI=1S/C12H12ClNO2/c1-7-3-4-8(10(13)5-7)9-6-11(15)14(2)12(9)16/h3-5,9H,6H2,1-2H3. The molecule has 1 aliphatic heterocycles. The number of benzene rings is 1. The van der Waals surface area contributed by atoms with Gasteiger partial charge in [0.05, 0.1) is 5.92 Å². The first kappa shape index (κ1) is 11.1. The molecule has 0 radical (unpaired) electrons. The highest BCUT2D eigenvalue weighted by Crippen LogP contribution is 2.33. The molecule has 0 aliphatic carbocycles. The molecule has 0 aromatic heterocycles. The second-order valence-electron chi connectivity index (χ2n) is 4.07. The van der Waals surface area contributed by atoms with Crippen LogP contribution in [-0.4, -0.2) is 23.8 Å². The minimum atomic E-state index is -0.411. The summed E-state index contributed by atoms with van der Waals surface area (Å²) < 4.78 is 0. The fraction of sp³-hybridized carbons (Fsp3) is 0.333.